The van der Waals surface area contributed by atoms with Gasteiger partial charge in [0.15, 0.2) is 0 Å². The molecule has 0 radical (unpaired) electrons. The van der Waals surface area contributed by atoms with Gasteiger partial charge >= 0.3 is 0 Å². The molecule has 0 saturated heterocycles. The Kier molecular flexibility index (Phi) is 9.97. The van der Waals surface area contributed by atoms with Crippen LogP contribution in [0.3, 0.4) is 0 Å². The van der Waals surface area contributed by atoms with Gasteiger partial charge < -0.3 is 15.3 Å². The number of nitrogens with one attached hydrogen (secondary N) is 1. The Balaban J connectivity index is 2.42. The minimum atomic E-state index is -0.283. The summed E-state index contributed by atoms with van der Waals surface area (Å²) in [7, 11) is 0. The van der Waals surface area contributed by atoms with Gasteiger partial charge in [0.25, 0.3) is 5.91 Å². The van der Waals surface area contributed by atoms with Gasteiger partial charge in [-0.3, -0.25) is 14.5 Å². The molecule has 2 amide bonds. The van der Waals surface area contributed by atoms with Crippen molar-refractivity contribution >= 4 is 17.5 Å². The van der Waals surface area contributed by atoms with Crippen molar-refractivity contribution in [3.05, 3.63) is 29.3 Å². The van der Waals surface area contributed by atoms with Crippen molar-refractivity contribution in [1.82, 2.24) is 10.2 Å². The van der Waals surface area contributed by atoms with Crippen LogP contribution < -0.4 is 10.2 Å². The fraction of sp³-hybridized carbons (Fsp3) is 0.680. The molecule has 1 aromatic rings. The highest BCUT2D eigenvalue weighted by atomic mass is 16.3. The highest BCUT2D eigenvalue weighted by molar-refractivity contribution is 5.97. The number of rotatable bonds is 5. The van der Waals surface area contributed by atoms with Crippen molar-refractivity contribution in [3.63, 3.8) is 0 Å². The second kappa shape index (κ2) is 12.2. The second-order valence-electron chi connectivity index (χ2n) is 9.35. The number of carbonyl (C=O) groups is 2. The molecule has 6 nitrogen and oxygen atoms in total. The van der Waals surface area contributed by atoms with Crippen molar-refractivity contribution in [2.45, 2.75) is 85.4 Å². The van der Waals surface area contributed by atoms with E-state index in [0.717, 1.165) is 37.1 Å². The number of anilines is 1. The van der Waals surface area contributed by atoms with Crippen molar-refractivity contribution in [3.8, 4) is 0 Å². The first-order valence-corrected chi connectivity index (χ1v) is 11.8. The van der Waals surface area contributed by atoms with Gasteiger partial charge in [-0.15, -0.1) is 0 Å². The number of aliphatic hydroxyl groups is 1. The summed E-state index contributed by atoms with van der Waals surface area (Å²) in [6.45, 7) is 12.3. The minimum Gasteiger partial charge on any atom is -0.394 e. The molecule has 0 fully saturated rings. The van der Waals surface area contributed by atoms with Crippen LogP contribution in [0.15, 0.2) is 18.2 Å². The summed E-state index contributed by atoms with van der Waals surface area (Å²) in [5.74, 6) is -0.0122. The largest absolute Gasteiger partial charge is 0.394 e. The lowest BCUT2D eigenvalue weighted by molar-refractivity contribution is -0.116. The first kappa shape index (κ1) is 25.3. The lowest BCUT2D eigenvalue weighted by Gasteiger charge is -2.31. The van der Waals surface area contributed by atoms with E-state index in [1.54, 1.807) is 13.0 Å². The second-order valence-corrected chi connectivity index (χ2v) is 9.35. The van der Waals surface area contributed by atoms with Gasteiger partial charge in [0.05, 0.1) is 12.6 Å². The summed E-state index contributed by atoms with van der Waals surface area (Å²) in [6.07, 6.45) is 5.68. The molecule has 2 rings (SSSR count). The molecule has 6 heteroatoms. The number of amides is 2. The van der Waals surface area contributed by atoms with Crippen molar-refractivity contribution in [1.29, 1.82) is 0 Å². The zero-order valence-electron chi connectivity index (χ0n) is 20.0. The van der Waals surface area contributed by atoms with Gasteiger partial charge in [-0.2, -0.15) is 0 Å². The van der Waals surface area contributed by atoms with Crippen molar-refractivity contribution in [2.24, 2.45) is 5.92 Å². The topological polar surface area (TPSA) is 72.9 Å². The molecule has 0 aromatic heterocycles. The molecule has 1 aliphatic heterocycles. The quantitative estimate of drug-likeness (QED) is 0.740. The number of nitrogens with zero attached hydrogens (tertiary/aromatic N) is 2. The summed E-state index contributed by atoms with van der Waals surface area (Å²) in [6, 6.07) is 5.73. The molecule has 1 heterocycles. The molecular weight excluding hydrogens is 390 g/mol. The smallest absolute Gasteiger partial charge is 0.251 e. The van der Waals surface area contributed by atoms with E-state index in [9.17, 15) is 14.7 Å². The third-order valence-electron chi connectivity index (χ3n) is 6.26. The maximum atomic E-state index is 12.9. The van der Waals surface area contributed by atoms with Gasteiger partial charge in [-0.25, -0.2) is 0 Å². The van der Waals surface area contributed by atoms with Crippen molar-refractivity contribution < 1.29 is 14.7 Å². The standard InChI is InChI=1S/C25H41N3O3/c1-18(2)23(17-29)26-25(31)21-11-12-24-22(15-21)16-27(19(3)4)13-9-7-6-8-10-14-28(24)20(5)30/h11-12,15,18-19,23,29H,6-10,13-14,16-17H2,1-5H3,(H,26,31)/t23-/m1/s1. The van der Waals surface area contributed by atoms with Gasteiger partial charge in [0.2, 0.25) is 5.91 Å². The van der Waals surface area contributed by atoms with E-state index in [-0.39, 0.29) is 30.4 Å². The van der Waals surface area contributed by atoms with E-state index in [1.807, 2.05) is 30.9 Å². The molecule has 2 N–H and O–H groups in total. The Hall–Kier alpha value is -1.92. The van der Waals surface area contributed by atoms with Gasteiger partial charge in [0.1, 0.15) is 0 Å². The van der Waals surface area contributed by atoms with Crippen LogP contribution in [-0.2, 0) is 11.3 Å². The summed E-state index contributed by atoms with van der Waals surface area (Å²) < 4.78 is 0. The molecule has 0 spiro atoms. The van der Waals surface area contributed by atoms with E-state index < -0.39 is 0 Å². The van der Waals surface area contributed by atoms with E-state index in [0.29, 0.717) is 24.7 Å². The Morgan fingerprint density at radius 3 is 2.26 bits per heavy atom. The molecule has 0 saturated carbocycles. The van der Waals surface area contributed by atoms with Crippen LogP contribution in [0.4, 0.5) is 5.69 Å². The highest BCUT2D eigenvalue weighted by Gasteiger charge is 2.22. The number of aliphatic hydroxyl groups excluding tert-OH is 1. The average Bonchev–Trinajstić information content (AvgIpc) is 2.71. The van der Waals surface area contributed by atoms with E-state index in [4.69, 9.17) is 0 Å². The van der Waals surface area contributed by atoms with Crippen molar-refractivity contribution in [2.75, 3.05) is 24.6 Å². The fourth-order valence-corrected chi connectivity index (χ4v) is 4.09. The Morgan fingerprint density at radius 1 is 1.03 bits per heavy atom. The summed E-state index contributed by atoms with van der Waals surface area (Å²) >= 11 is 0. The third-order valence-corrected chi connectivity index (χ3v) is 6.26. The SMILES string of the molecule is CC(=O)N1CCCCCCCN(C(C)C)Cc2cc(C(=O)N[C@H](CO)C(C)C)ccc21. The molecular formula is C25H41N3O3. The zero-order chi connectivity index (χ0) is 23.0. The van der Waals surface area contributed by atoms with Gasteiger partial charge in [0, 0.05) is 37.3 Å². The molecule has 174 valence electrons. The first-order chi connectivity index (χ1) is 14.7. The first-order valence-electron chi connectivity index (χ1n) is 11.8. The average molecular weight is 432 g/mol. The van der Waals surface area contributed by atoms with Crippen LogP contribution in [0, 0.1) is 5.92 Å². The lowest BCUT2D eigenvalue weighted by Crippen LogP contribution is -2.41. The van der Waals surface area contributed by atoms with E-state index in [1.165, 1.54) is 12.8 Å². The van der Waals surface area contributed by atoms with E-state index >= 15 is 0 Å². The number of hydrogen-bond acceptors (Lipinski definition) is 4. The maximum Gasteiger partial charge on any atom is 0.251 e. The fourth-order valence-electron chi connectivity index (χ4n) is 4.09. The number of carbonyl (C=O) groups excluding carboxylic acids is 2. The molecule has 0 aliphatic carbocycles. The van der Waals surface area contributed by atoms with Crippen LogP contribution in [-0.4, -0.2) is 53.6 Å². The Bertz CT molecular complexity index is 733. The normalized spacial score (nSPS) is 17.6. The summed E-state index contributed by atoms with van der Waals surface area (Å²) in [5.41, 5.74) is 2.47. The molecule has 0 bridgehead atoms. The third kappa shape index (κ3) is 7.32. The summed E-state index contributed by atoms with van der Waals surface area (Å²) in [4.78, 5) is 29.7. The zero-order valence-corrected chi connectivity index (χ0v) is 20.0. The number of benzene rings is 1. The van der Waals surface area contributed by atoms with Gasteiger partial charge in [-0.1, -0.05) is 33.1 Å². The molecule has 31 heavy (non-hydrogen) atoms. The Labute approximate surface area is 188 Å². The van der Waals surface area contributed by atoms with Crippen LogP contribution in [0.1, 0.15) is 82.6 Å². The van der Waals surface area contributed by atoms with Crippen LogP contribution in [0.2, 0.25) is 0 Å². The monoisotopic (exact) mass is 431 g/mol. The predicted octanol–water partition coefficient (Wildman–Crippen LogP) is 3.96. The van der Waals surface area contributed by atoms with Crippen LogP contribution >= 0.6 is 0 Å². The highest BCUT2D eigenvalue weighted by Crippen LogP contribution is 2.27. The van der Waals surface area contributed by atoms with Gasteiger partial charge in [-0.05, 0) is 62.9 Å². The minimum absolute atomic E-state index is 0.0340. The predicted molar refractivity (Wildman–Crippen MR) is 126 cm³/mol. The number of fused-ring (bicyclic) bond motifs is 1. The molecule has 1 atom stereocenters. The number of hydrogen-bond donors (Lipinski definition) is 2. The molecule has 0 unspecified atom stereocenters. The maximum absolute atomic E-state index is 12.9. The Morgan fingerprint density at radius 2 is 1.68 bits per heavy atom. The molecule has 1 aromatic carbocycles. The molecule has 1 aliphatic rings. The van der Waals surface area contributed by atoms with E-state index in [2.05, 4.69) is 24.1 Å². The summed E-state index contributed by atoms with van der Waals surface area (Å²) in [5, 5.41) is 12.5. The lowest BCUT2D eigenvalue weighted by atomic mass is 10.0. The van der Waals surface area contributed by atoms with Crippen LogP contribution in [0.5, 0.6) is 0 Å². The van der Waals surface area contributed by atoms with Crippen LogP contribution in [0.25, 0.3) is 0 Å².